The van der Waals surface area contributed by atoms with Crippen LogP contribution >= 0.6 is 11.5 Å². The first-order valence-electron chi connectivity index (χ1n) is 6.64. The van der Waals surface area contributed by atoms with Gasteiger partial charge in [0.25, 0.3) is 0 Å². The molecule has 1 saturated heterocycles. The van der Waals surface area contributed by atoms with E-state index in [1.165, 1.54) is 6.26 Å². The number of sulfone groups is 1. The Morgan fingerprint density at radius 2 is 2.05 bits per heavy atom. The molecule has 0 atom stereocenters. The van der Waals surface area contributed by atoms with Crippen molar-refractivity contribution >= 4 is 32.2 Å². The van der Waals surface area contributed by atoms with E-state index < -0.39 is 9.84 Å². The van der Waals surface area contributed by atoms with Crippen LogP contribution < -0.4 is 10.6 Å². The lowest BCUT2D eigenvalue weighted by molar-refractivity contribution is 0.222. The molecule has 2 N–H and O–H groups in total. The van der Waals surface area contributed by atoms with Crippen LogP contribution in [-0.4, -0.2) is 57.7 Å². The molecular weight excluding hydrogens is 296 g/mol. The summed E-state index contributed by atoms with van der Waals surface area (Å²) in [5, 5.41) is 0.656. The lowest BCUT2D eigenvalue weighted by atomic mass is 9.97. The number of likely N-dealkylation sites (tertiary alicyclic amines) is 1. The Morgan fingerprint density at radius 3 is 2.60 bits per heavy atom. The monoisotopic (exact) mass is 318 g/mol. The average Bonchev–Trinajstić information content (AvgIpc) is 2.74. The third kappa shape index (κ3) is 3.42. The summed E-state index contributed by atoms with van der Waals surface area (Å²) in [7, 11) is 0.705. The molecule has 8 heteroatoms. The van der Waals surface area contributed by atoms with Crippen LogP contribution in [0.1, 0.15) is 12.8 Å². The number of anilines is 2. The van der Waals surface area contributed by atoms with Crippen LogP contribution in [-0.2, 0) is 9.84 Å². The lowest BCUT2D eigenvalue weighted by Gasteiger charge is -2.32. The topological polar surface area (TPSA) is 79.5 Å². The van der Waals surface area contributed by atoms with Crippen LogP contribution in [0.5, 0.6) is 0 Å². The van der Waals surface area contributed by atoms with Crippen LogP contribution in [0.25, 0.3) is 0 Å². The Labute approximate surface area is 124 Å². The highest BCUT2D eigenvalue weighted by atomic mass is 32.2. The van der Waals surface area contributed by atoms with E-state index in [9.17, 15) is 8.42 Å². The van der Waals surface area contributed by atoms with Gasteiger partial charge < -0.3 is 15.5 Å². The zero-order valence-electron chi connectivity index (χ0n) is 12.2. The molecule has 2 heterocycles. The van der Waals surface area contributed by atoms with Crippen molar-refractivity contribution in [1.29, 1.82) is 0 Å². The van der Waals surface area contributed by atoms with Crippen molar-refractivity contribution in [2.45, 2.75) is 17.7 Å². The Morgan fingerprint density at radius 1 is 1.45 bits per heavy atom. The minimum absolute atomic E-state index is 0.114. The number of rotatable bonds is 4. The molecule has 1 fully saturated rings. The number of nitrogen functional groups attached to an aromatic ring is 1. The third-order valence-electron chi connectivity index (χ3n) is 3.75. The number of nitrogens with two attached hydrogens (primary N) is 1. The van der Waals surface area contributed by atoms with E-state index in [2.05, 4.69) is 16.3 Å². The molecule has 20 heavy (non-hydrogen) atoms. The second kappa shape index (κ2) is 5.87. The summed E-state index contributed by atoms with van der Waals surface area (Å²) < 4.78 is 27.7. The number of nitrogens with zero attached hydrogens (tertiary/aromatic N) is 3. The fourth-order valence-electron chi connectivity index (χ4n) is 2.59. The van der Waals surface area contributed by atoms with Crippen molar-refractivity contribution < 1.29 is 8.42 Å². The summed E-state index contributed by atoms with van der Waals surface area (Å²) in [6.07, 6.45) is 3.46. The summed E-state index contributed by atoms with van der Waals surface area (Å²) >= 11 is 1.16. The fourth-order valence-corrected chi connectivity index (χ4v) is 4.79. The molecule has 0 bridgehead atoms. The van der Waals surface area contributed by atoms with Gasteiger partial charge in [-0.2, -0.15) is 4.37 Å². The van der Waals surface area contributed by atoms with Gasteiger partial charge in [0.15, 0.2) is 15.7 Å². The molecule has 0 unspecified atom stereocenters. The molecule has 0 aliphatic carbocycles. The van der Waals surface area contributed by atoms with Gasteiger partial charge in [0, 0.05) is 19.8 Å². The van der Waals surface area contributed by atoms with Gasteiger partial charge in [-0.25, -0.2) is 8.42 Å². The predicted octanol–water partition coefficient (Wildman–Crippen LogP) is 0.907. The highest BCUT2D eigenvalue weighted by Crippen LogP contribution is 2.34. The van der Waals surface area contributed by atoms with E-state index in [4.69, 9.17) is 5.73 Å². The van der Waals surface area contributed by atoms with Gasteiger partial charge in [-0.15, -0.1) is 0 Å². The van der Waals surface area contributed by atoms with Crippen LogP contribution in [0.2, 0.25) is 0 Å². The van der Waals surface area contributed by atoms with Gasteiger partial charge in [-0.3, -0.25) is 0 Å². The number of hydrogen-bond donors (Lipinski definition) is 1. The van der Waals surface area contributed by atoms with E-state index in [1.807, 2.05) is 11.9 Å². The van der Waals surface area contributed by atoms with Crippen molar-refractivity contribution in [3.63, 3.8) is 0 Å². The molecule has 1 aliphatic heterocycles. The zero-order valence-corrected chi connectivity index (χ0v) is 13.8. The number of piperidine rings is 1. The maximum atomic E-state index is 11.8. The summed E-state index contributed by atoms with van der Waals surface area (Å²) in [6.45, 7) is 3.04. The van der Waals surface area contributed by atoms with Crippen molar-refractivity contribution in [2.24, 2.45) is 5.92 Å². The number of aromatic nitrogens is 1. The van der Waals surface area contributed by atoms with E-state index in [1.54, 1.807) is 0 Å². The van der Waals surface area contributed by atoms with Crippen LogP contribution in [0, 0.1) is 5.92 Å². The van der Waals surface area contributed by atoms with Gasteiger partial charge >= 0.3 is 0 Å². The van der Waals surface area contributed by atoms with Gasteiger partial charge in [0.05, 0.1) is 0 Å². The van der Waals surface area contributed by atoms with E-state index in [-0.39, 0.29) is 10.7 Å². The highest BCUT2D eigenvalue weighted by Gasteiger charge is 2.26. The molecule has 114 valence electrons. The Hall–Kier alpha value is -0.860. The van der Waals surface area contributed by atoms with Crippen molar-refractivity contribution in [1.82, 2.24) is 9.27 Å². The minimum atomic E-state index is -3.34. The first kappa shape index (κ1) is 15.5. The first-order valence-corrected chi connectivity index (χ1v) is 9.30. The molecule has 1 aromatic rings. The first-order chi connectivity index (χ1) is 9.29. The van der Waals surface area contributed by atoms with Crippen molar-refractivity contribution in [3.05, 3.63) is 0 Å². The smallest absolute Gasteiger partial charge is 0.182 e. The molecule has 1 aromatic heterocycles. The molecule has 0 saturated carbocycles. The molecular formula is C12H22N4O2S2. The van der Waals surface area contributed by atoms with Gasteiger partial charge in [-0.1, -0.05) is 0 Å². The maximum Gasteiger partial charge on any atom is 0.182 e. The van der Waals surface area contributed by atoms with Crippen molar-refractivity contribution in [3.8, 4) is 0 Å². The average molecular weight is 318 g/mol. The van der Waals surface area contributed by atoms with Crippen LogP contribution in [0.3, 0.4) is 0 Å². The third-order valence-corrected chi connectivity index (χ3v) is 6.00. The molecule has 0 amide bonds. The zero-order chi connectivity index (χ0) is 14.9. The Balaban J connectivity index is 2.12. The minimum Gasteiger partial charge on any atom is -0.382 e. The Kier molecular flexibility index (Phi) is 4.55. The van der Waals surface area contributed by atoms with E-state index >= 15 is 0 Å². The van der Waals surface area contributed by atoms with Crippen LogP contribution in [0.4, 0.5) is 10.8 Å². The predicted molar refractivity (Wildman–Crippen MR) is 83.1 cm³/mol. The largest absolute Gasteiger partial charge is 0.382 e. The standard InChI is InChI=1S/C12H22N4O2S2/c1-15-6-4-9(5-7-15)8-16(2)12-10(20(3,17)18)11(13)14-19-12/h9H,4-8H2,1-3H3,(H2,13,14). The molecule has 2 rings (SSSR count). The molecule has 6 nitrogen and oxygen atoms in total. The number of hydrogen-bond acceptors (Lipinski definition) is 7. The van der Waals surface area contributed by atoms with E-state index in [0.717, 1.165) is 44.0 Å². The van der Waals surface area contributed by atoms with Crippen molar-refractivity contribution in [2.75, 3.05) is 50.6 Å². The maximum absolute atomic E-state index is 11.8. The Bertz CT molecular complexity index is 562. The van der Waals surface area contributed by atoms with E-state index in [0.29, 0.717) is 10.9 Å². The molecule has 0 spiro atoms. The summed E-state index contributed by atoms with van der Waals surface area (Å²) in [6, 6.07) is 0. The van der Waals surface area contributed by atoms with Gasteiger partial charge in [-0.05, 0) is 50.4 Å². The fraction of sp³-hybridized carbons (Fsp3) is 0.750. The molecule has 1 aliphatic rings. The summed E-state index contributed by atoms with van der Waals surface area (Å²) in [5.41, 5.74) is 5.70. The van der Waals surface area contributed by atoms with Gasteiger partial charge in [0.2, 0.25) is 0 Å². The molecule has 0 radical (unpaired) electrons. The quantitative estimate of drug-likeness (QED) is 0.889. The SMILES string of the molecule is CN1CCC(CN(C)c2snc(N)c2S(C)(=O)=O)CC1. The second-order valence-corrected chi connectivity index (χ2v) is 8.31. The van der Waals surface area contributed by atoms with Crippen LogP contribution in [0.15, 0.2) is 4.90 Å². The van der Waals surface area contributed by atoms with Gasteiger partial charge in [0.1, 0.15) is 9.90 Å². The second-order valence-electron chi connectivity index (χ2n) is 5.60. The highest BCUT2D eigenvalue weighted by molar-refractivity contribution is 7.91. The summed E-state index contributed by atoms with van der Waals surface area (Å²) in [5.74, 6) is 0.703. The lowest BCUT2D eigenvalue weighted by Crippen LogP contribution is -2.35. The normalized spacial score (nSPS) is 18.4. The summed E-state index contributed by atoms with van der Waals surface area (Å²) in [4.78, 5) is 4.49. The molecule has 0 aromatic carbocycles.